The first-order valence-electron chi connectivity index (χ1n) is 11.0. The lowest BCUT2D eigenvalue weighted by atomic mass is 10.1. The number of aromatic nitrogens is 2. The minimum Gasteiger partial charge on any atom is -0.490 e. The molecular formula is C25H30N4O4. The fraction of sp³-hybridized carbons (Fsp3) is 0.320. The highest BCUT2D eigenvalue weighted by Gasteiger charge is 2.18. The number of hydrogen-bond donors (Lipinski definition) is 2. The number of carbonyl (C=O) groups is 1. The summed E-state index contributed by atoms with van der Waals surface area (Å²) in [6.07, 6.45) is 0. The van der Waals surface area contributed by atoms with E-state index in [0.29, 0.717) is 54.3 Å². The molecule has 1 aromatic heterocycles. The molecule has 0 radical (unpaired) electrons. The molecule has 33 heavy (non-hydrogen) atoms. The third-order valence-corrected chi connectivity index (χ3v) is 4.53. The van der Waals surface area contributed by atoms with Crippen molar-refractivity contribution in [2.75, 3.05) is 30.5 Å². The van der Waals surface area contributed by atoms with Gasteiger partial charge in [-0.05, 0) is 71.0 Å². The maximum atomic E-state index is 13.0. The number of benzene rings is 2. The third kappa shape index (κ3) is 6.35. The summed E-state index contributed by atoms with van der Waals surface area (Å²) >= 11 is 0. The van der Waals surface area contributed by atoms with Crippen molar-refractivity contribution in [3.05, 3.63) is 59.4 Å². The summed E-state index contributed by atoms with van der Waals surface area (Å²) in [5.41, 5.74) is 3.54. The SMILES string of the molecule is CCOc1cc(C(=O)Nc2cccc(Nc3nc(C)cc(C)n3)c2)cc(OCC)c1OCC. The molecule has 0 saturated heterocycles. The van der Waals surface area contributed by atoms with E-state index in [-0.39, 0.29) is 5.91 Å². The Morgan fingerprint density at radius 2 is 1.39 bits per heavy atom. The second-order valence-corrected chi connectivity index (χ2v) is 7.23. The number of ether oxygens (including phenoxy) is 3. The highest BCUT2D eigenvalue weighted by molar-refractivity contribution is 6.05. The van der Waals surface area contributed by atoms with E-state index in [1.165, 1.54) is 0 Å². The largest absolute Gasteiger partial charge is 0.490 e. The molecule has 0 atom stereocenters. The summed E-state index contributed by atoms with van der Waals surface area (Å²) < 4.78 is 17.1. The molecule has 0 bridgehead atoms. The number of hydrogen-bond acceptors (Lipinski definition) is 7. The van der Waals surface area contributed by atoms with Crippen LogP contribution < -0.4 is 24.8 Å². The molecule has 2 N–H and O–H groups in total. The van der Waals surface area contributed by atoms with Gasteiger partial charge < -0.3 is 24.8 Å². The maximum absolute atomic E-state index is 13.0. The van der Waals surface area contributed by atoms with Crippen molar-refractivity contribution >= 4 is 23.2 Å². The molecule has 0 aliphatic heterocycles. The van der Waals surface area contributed by atoms with Crippen LogP contribution in [0, 0.1) is 13.8 Å². The van der Waals surface area contributed by atoms with Gasteiger partial charge in [0.1, 0.15) is 0 Å². The Morgan fingerprint density at radius 1 is 0.818 bits per heavy atom. The molecular weight excluding hydrogens is 420 g/mol. The summed E-state index contributed by atoms with van der Waals surface area (Å²) in [6.45, 7) is 10.8. The van der Waals surface area contributed by atoms with E-state index in [9.17, 15) is 4.79 Å². The van der Waals surface area contributed by atoms with E-state index in [1.807, 2.05) is 65.0 Å². The molecule has 1 amide bonds. The van der Waals surface area contributed by atoms with Gasteiger partial charge in [-0.15, -0.1) is 0 Å². The van der Waals surface area contributed by atoms with Crippen LogP contribution in [0.4, 0.5) is 17.3 Å². The lowest BCUT2D eigenvalue weighted by Gasteiger charge is -2.17. The fourth-order valence-corrected chi connectivity index (χ4v) is 3.31. The Labute approximate surface area is 194 Å². The van der Waals surface area contributed by atoms with Crippen molar-refractivity contribution in [3.8, 4) is 17.2 Å². The summed E-state index contributed by atoms with van der Waals surface area (Å²) in [5.74, 6) is 1.65. The summed E-state index contributed by atoms with van der Waals surface area (Å²) in [5, 5.41) is 6.11. The van der Waals surface area contributed by atoms with E-state index >= 15 is 0 Å². The average Bonchev–Trinajstić information content (AvgIpc) is 2.75. The van der Waals surface area contributed by atoms with Gasteiger partial charge in [-0.3, -0.25) is 4.79 Å². The zero-order valence-corrected chi connectivity index (χ0v) is 19.7. The fourth-order valence-electron chi connectivity index (χ4n) is 3.31. The summed E-state index contributed by atoms with van der Waals surface area (Å²) in [7, 11) is 0. The Morgan fingerprint density at radius 3 is 1.97 bits per heavy atom. The van der Waals surface area contributed by atoms with Crippen molar-refractivity contribution in [1.82, 2.24) is 9.97 Å². The van der Waals surface area contributed by atoms with Gasteiger partial charge in [0.25, 0.3) is 5.91 Å². The van der Waals surface area contributed by atoms with Gasteiger partial charge in [0.05, 0.1) is 19.8 Å². The van der Waals surface area contributed by atoms with Crippen molar-refractivity contribution in [2.45, 2.75) is 34.6 Å². The van der Waals surface area contributed by atoms with E-state index in [1.54, 1.807) is 12.1 Å². The Bertz CT molecular complexity index is 1070. The molecule has 0 fully saturated rings. The molecule has 0 saturated carbocycles. The van der Waals surface area contributed by atoms with Crippen molar-refractivity contribution < 1.29 is 19.0 Å². The second kappa shape index (κ2) is 11.2. The lowest BCUT2D eigenvalue weighted by Crippen LogP contribution is -2.13. The molecule has 174 valence electrons. The van der Waals surface area contributed by atoms with Crippen LogP contribution in [0.2, 0.25) is 0 Å². The summed E-state index contributed by atoms with van der Waals surface area (Å²) in [6, 6.07) is 12.6. The number of anilines is 3. The van der Waals surface area contributed by atoms with E-state index in [2.05, 4.69) is 20.6 Å². The van der Waals surface area contributed by atoms with Crippen molar-refractivity contribution in [3.63, 3.8) is 0 Å². The number of rotatable bonds is 10. The molecule has 3 aromatic rings. The number of nitrogens with one attached hydrogen (secondary N) is 2. The van der Waals surface area contributed by atoms with Crippen LogP contribution in [0.15, 0.2) is 42.5 Å². The molecule has 2 aromatic carbocycles. The zero-order chi connectivity index (χ0) is 23.8. The predicted octanol–water partition coefficient (Wildman–Crippen LogP) is 5.29. The van der Waals surface area contributed by atoms with E-state index < -0.39 is 0 Å². The second-order valence-electron chi connectivity index (χ2n) is 7.23. The first kappa shape index (κ1) is 23.8. The molecule has 0 spiro atoms. The van der Waals surface area contributed by atoms with Gasteiger partial charge in [0.2, 0.25) is 11.7 Å². The molecule has 3 rings (SSSR count). The molecule has 1 heterocycles. The van der Waals surface area contributed by atoms with Crippen LogP contribution in [-0.2, 0) is 0 Å². The maximum Gasteiger partial charge on any atom is 0.255 e. The van der Waals surface area contributed by atoms with Crippen LogP contribution >= 0.6 is 0 Å². The van der Waals surface area contributed by atoms with Crippen LogP contribution in [0.5, 0.6) is 17.2 Å². The Balaban J connectivity index is 1.84. The van der Waals surface area contributed by atoms with Gasteiger partial charge in [-0.25, -0.2) is 9.97 Å². The Hall–Kier alpha value is -3.81. The van der Waals surface area contributed by atoms with E-state index in [0.717, 1.165) is 17.1 Å². The van der Waals surface area contributed by atoms with Crippen LogP contribution in [-0.4, -0.2) is 35.7 Å². The standard InChI is InChI=1S/C25H30N4O4/c1-6-31-21-13-18(14-22(32-7-2)23(21)33-8-3)24(30)28-19-10-9-11-20(15-19)29-25-26-16(4)12-17(5)27-25/h9-15H,6-8H2,1-5H3,(H,28,30)(H,26,27,29). The monoisotopic (exact) mass is 450 g/mol. The highest BCUT2D eigenvalue weighted by atomic mass is 16.5. The van der Waals surface area contributed by atoms with Crippen molar-refractivity contribution in [2.24, 2.45) is 0 Å². The quantitative estimate of drug-likeness (QED) is 0.434. The summed E-state index contributed by atoms with van der Waals surface area (Å²) in [4.78, 5) is 21.8. The van der Waals surface area contributed by atoms with E-state index in [4.69, 9.17) is 14.2 Å². The molecule has 0 unspecified atom stereocenters. The number of carbonyl (C=O) groups excluding carboxylic acids is 1. The van der Waals surface area contributed by atoms with Gasteiger partial charge >= 0.3 is 0 Å². The number of aryl methyl sites for hydroxylation is 2. The topological polar surface area (TPSA) is 94.6 Å². The van der Waals surface area contributed by atoms with Crippen LogP contribution in [0.3, 0.4) is 0 Å². The van der Waals surface area contributed by atoms with Gasteiger partial charge in [-0.2, -0.15) is 0 Å². The minimum atomic E-state index is -0.292. The first-order valence-corrected chi connectivity index (χ1v) is 11.0. The zero-order valence-electron chi connectivity index (χ0n) is 19.7. The van der Waals surface area contributed by atoms with Gasteiger partial charge in [-0.1, -0.05) is 6.07 Å². The van der Waals surface area contributed by atoms with Gasteiger partial charge in [0.15, 0.2) is 11.5 Å². The molecule has 0 aliphatic carbocycles. The molecule has 8 heteroatoms. The average molecular weight is 451 g/mol. The first-order chi connectivity index (χ1) is 15.9. The van der Waals surface area contributed by atoms with Crippen LogP contribution in [0.25, 0.3) is 0 Å². The van der Waals surface area contributed by atoms with Gasteiger partial charge in [0, 0.05) is 28.3 Å². The number of nitrogens with zero attached hydrogens (tertiary/aromatic N) is 2. The van der Waals surface area contributed by atoms with Crippen molar-refractivity contribution in [1.29, 1.82) is 0 Å². The lowest BCUT2D eigenvalue weighted by molar-refractivity contribution is 0.102. The minimum absolute atomic E-state index is 0.292. The van der Waals surface area contributed by atoms with Crippen LogP contribution in [0.1, 0.15) is 42.5 Å². The third-order valence-electron chi connectivity index (χ3n) is 4.53. The normalized spacial score (nSPS) is 10.5. The highest BCUT2D eigenvalue weighted by Crippen LogP contribution is 2.39. The smallest absolute Gasteiger partial charge is 0.255 e. The number of amides is 1. The molecule has 0 aliphatic rings. The Kier molecular flexibility index (Phi) is 8.07. The molecule has 8 nitrogen and oxygen atoms in total. The predicted molar refractivity (Wildman–Crippen MR) is 129 cm³/mol.